The third kappa shape index (κ3) is 7.35. The summed E-state index contributed by atoms with van der Waals surface area (Å²) in [7, 11) is 1.52. The van der Waals surface area contributed by atoms with Crippen molar-refractivity contribution < 1.29 is 33.8 Å². The van der Waals surface area contributed by atoms with Crippen LogP contribution in [0.5, 0.6) is 0 Å². The van der Waals surface area contributed by atoms with E-state index in [0.29, 0.717) is 24.8 Å². The number of nitrogens with one attached hydrogen (secondary N) is 3. The van der Waals surface area contributed by atoms with Gasteiger partial charge in [0.15, 0.2) is 5.13 Å². The lowest BCUT2D eigenvalue weighted by Crippen LogP contribution is -2.48. The number of amides is 3. The van der Waals surface area contributed by atoms with Crippen molar-refractivity contribution in [2.24, 2.45) is 0 Å². The molecule has 1 saturated heterocycles. The first-order valence-electron chi connectivity index (χ1n) is 9.57. The van der Waals surface area contributed by atoms with Crippen molar-refractivity contribution >= 4 is 40.3 Å². The summed E-state index contributed by atoms with van der Waals surface area (Å²) in [5.41, 5.74) is -0.816. The number of aromatic nitrogens is 1. The monoisotopic (exact) mass is 467 g/mol. The third-order valence-corrected chi connectivity index (χ3v) is 5.22. The number of anilines is 1. The largest absolute Gasteiger partial charge is 0.477 e. The van der Waals surface area contributed by atoms with Gasteiger partial charge in [0.1, 0.15) is 18.0 Å². The van der Waals surface area contributed by atoms with E-state index in [2.05, 4.69) is 28.8 Å². The van der Waals surface area contributed by atoms with Gasteiger partial charge in [0.25, 0.3) is 11.8 Å². The van der Waals surface area contributed by atoms with Gasteiger partial charge in [-0.05, 0) is 12.8 Å². The van der Waals surface area contributed by atoms with E-state index in [-0.39, 0.29) is 24.0 Å². The molecule has 1 aliphatic heterocycles. The lowest BCUT2D eigenvalue weighted by molar-refractivity contribution is -0.134. The Labute approximate surface area is 188 Å². The minimum absolute atomic E-state index is 0.0741. The van der Waals surface area contributed by atoms with Gasteiger partial charge in [0, 0.05) is 31.6 Å². The average molecular weight is 468 g/mol. The molecule has 0 saturated carbocycles. The Balaban J connectivity index is 1.89. The highest BCUT2D eigenvalue weighted by Gasteiger charge is 2.25. The molecule has 1 atom stereocenters. The molecule has 174 valence electrons. The van der Waals surface area contributed by atoms with Crippen molar-refractivity contribution in [1.29, 1.82) is 0 Å². The first kappa shape index (κ1) is 24.8. The molecule has 1 aromatic rings. The summed E-state index contributed by atoms with van der Waals surface area (Å²) in [5, 5.41) is 17.9. The number of thiazole rings is 1. The number of rotatable bonds is 10. The smallest absolute Gasteiger partial charge is 0.407 e. The second kappa shape index (κ2) is 11.8. The first-order valence-corrected chi connectivity index (χ1v) is 10.5. The fraction of sp³-hybridized carbons (Fsp3) is 0.421. The number of carboxylic acid groups (broad SMARTS) is 1. The van der Waals surface area contributed by atoms with Crippen molar-refractivity contribution in [2.45, 2.75) is 18.9 Å². The Bertz CT molecular complexity index is 900. The standard InChI is InChI=1S/C19H25N5O7S/c1-11(15(25)21-12(2)17(27)28)20-16(26)14-10-32-18(23-14)24-6-4-5-13(9-24)22-19(29)31-8-7-30-3/h10,13H,1-2,4-9H2,3H3,(H,20,26)(H,21,25)(H,22,29)(H,27,28). The second-order valence-electron chi connectivity index (χ2n) is 6.74. The molecule has 0 bridgehead atoms. The summed E-state index contributed by atoms with van der Waals surface area (Å²) in [5.74, 6) is -2.97. The van der Waals surface area contributed by atoms with Gasteiger partial charge in [-0.15, -0.1) is 11.3 Å². The molecule has 1 aromatic heterocycles. The summed E-state index contributed by atoms with van der Waals surface area (Å²) in [6, 6.07) is -0.134. The third-order valence-electron chi connectivity index (χ3n) is 4.32. The fourth-order valence-corrected chi connectivity index (χ4v) is 3.58. The zero-order chi connectivity index (χ0) is 23.7. The van der Waals surface area contributed by atoms with Crippen molar-refractivity contribution in [3.63, 3.8) is 0 Å². The zero-order valence-corrected chi connectivity index (χ0v) is 18.3. The number of aliphatic carboxylic acids is 1. The van der Waals surface area contributed by atoms with Crippen LogP contribution in [0.4, 0.5) is 9.93 Å². The predicted molar refractivity (Wildman–Crippen MR) is 115 cm³/mol. The molecular formula is C19H25N5O7S. The molecule has 2 heterocycles. The van der Waals surface area contributed by atoms with E-state index in [9.17, 15) is 19.2 Å². The summed E-state index contributed by atoms with van der Waals surface area (Å²) >= 11 is 1.24. The Morgan fingerprint density at radius 1 is 1.25 bits per heavy atom. The van der Waals surface area contributed by atoms with Gasteiger partial charge in [-0.25, -0.2) is 14.6 Å². The van der Waals surface area contributed by atoms with Gasteiger partial charge in [0.2, 0.25) is 0 Å². The number of carboxylic acids is 1. The maximum Gasteiger partial charge on any atom is 0.407 e. The minimum Gasteiger partial charge on any atom is -0.477 e. The number of piperidine rings is 1. The van der Waals surface area contributed by atoms with E-state index in [4.69, 9.17) is 14.6 Å². The van der Waals surface area contributed by atoms with Crippen LogP contribution in [0.2, 0.25) is 0 Å². The highest BCUT2D eigenvalue weighted by molar-refractivity contribution is 7.13. The number of carbonyl (C=O) groups is 4. The first-order chi connectivity index (χ1) is 15.2. The Kier molecular flexibility index (Phi) is 9.16. The van der Waals surface area contributed by atoms with Crippen molar-refractivity contribution in [3.05, 3.63) is 35.6 Å². The number of hydrogen-bond acceptors (Lipinski definition) is 9. The molecule has 1 fully saturated rings. The Morgan fingerprint density at radius 2 is 2.00 bits per heavy atom. The van der Waals surface area contributed by atoms with Crippen molar-refractivity contribution in [1.82, 2.24) is 20.9 Å². The molecule has 0 spiro atoms. The van der Waals surface area contributed by atoms with E-state index in [0.717, 1.165) is 12.8 Å². The van der Waals surface area contributed by atoms with E-state index >= 15 is 0 Å². The number of carbonyl (C=O) groups excluding carboxylic acids is 3. The van der Waals surface area contributed by atoms with Crippen LogP contribution in [0.15, 0.2) is 29.9 Å². The van der Waals surface area contributed by atoms with E-state index in [1.54, 1.807) is 0 Å². The summed E-state index contributed by atoms with van der Waals surface area (Å²) in [6.45, 7) is 8.28. The molecule has 32 heavy (non-hydrogen) atoms. The topological polar surface area (TPSA) is 159 Å². The lowest BCUT2D eigenvalue weighted by atomic mass is 10.1. The summed E-state index contributed by atoms with van der Waals surface area (Å²) in [4.78, 5) is 53.0. The highest BCUT2D eigenvalue weighted by Crippen LogP contribution is 2.24. The molecule has 13 heteroatoms. The molecule has 3 amide bonds. The van der Waals surface area contributed by atoms with Gasteiger partial charge in [-0.3, -0.25) is 9.59 Å². The van der Waals surface area contributed by atoms with Gasteiger partial charge in [0.05, 0.1) is 12.3 Å². The predicted octanol–water partition coefficient (Wildman–Crippen LogP) is 0.443. The normalized spacial score (nSPS) is 15.4. The van der Waals surface area contributed by atoms with Gasteiger partial charge >= 0.3 is 12.1 Å². The zero-order valence-electron chi connectivity index (χ0n) is 17.5. The lowest BCUT2D eigenvalue weighted by Gasteiger charge is -2.32. The number of alkyl carbamates (subject to hydrolysis) is 1. The molecule has 1 unspecified atom stereocenters. The van der Waals surface area contributed by atoms with Crippen molar-refractivity contribution in [3.8, 4) is 0 Å². The van der Waals surface area contributed by atoms with Crippen LogP contribution in [0.3, 0.4) is 0 Å². The number of hydrogen-bond donors (Lipinski definition) is 4. The maximum atomic E-state index is 12.4. The van der Waals surface area contributed by atoms with E-state index in [1.807, 2.05) is 10.2 Å². The molecular weight excluding hydrogens is 442 g/mol. The van der Waals surface area contributed by atoms with Crippen LogP contribution in [0.1, 0.15) is 23.3 Å². The van der Waals surface area contributed by atoms with Crippen LogP contribution in [0.25, 0.3) is 0 Å². The SMILES string of the molecule is C=C(NC(=O)C(=C)NC(=O)c1csc(N2CCCC(NC(=O)OCCOC)C2)n1)C(=O)O. The molecule has 0 radical (unpaired) electrons. The second-order valence-corrected chi connectivity index (χ2v) is 7.58. The molecule has 2 rings (SSSR count). The molecule has 4 N–H and O–H groups in total. The van der Waals surface area contributed by atoms with Crippen LogP contribution in [-0.2, 0) is 19.1 Å². The molecule has 0 aliphatic carbocycles. The number of methoxy groups -OCH3 is 1. The summed E-state index contributed by atoms with van der Waals surface area (Å²) < 4.78 is 9.85. The summed E-state index contributed by atoms with van der Waals surface area (Å²) in [6.07, 6.45) is 1.08. The van der Waals surface area contributed by atoms with E-state index in [1.165, 1.54) is 23.8 Å². The number of nitrogens with zero attached hydrogens (tertiary/aromatic N) is 2. The minimum atomic E-state index is -1.40. The number of ether oxygens (including phenoxy) is 2. The van der Waals surface area contributed by atoms with Gasteiger partial charge < -0.3 is 35.4 Å². The quantitative estimate of drug-likeness (QED) is 0.283. The molecule has 1 aliphatic rings. The fourth-order valence-electron chi connectivity index (χ4n) is 2.73. The van der Waals surface area contributed by atoms with Crippen molar-refractivity contribution in [2.75, 3.05) is 38.3 Å². The Hall–Kier alpha value is -3.45. The molecule has 12 nitrogen and oxygen atoms in total. The van der Waals surface area contributed by atoms with Crippen LogP contribution in [-0.4, -0.2) is 73.4 Å². The van der Waals surface area contributed by atoms with Crippen LogP contribution in [0, 0.1) is 0 Å². The van der Waals surface area contributed by atoms with Gasteiger partial charge in [-0.2, -0.15) is 0 Å². The van der Waals surface area contributed by atoms with Crippen LogP contribution >= 0.6 is 11.3 Å². The molecule has 0 aromatic carbocycles. The highest BCUT2D eigenvalue weighted by atomic mass is 32.1. The maximum absolute atomic E-state index is 12.4. The van der Waals surface area contributed by atoms with Crippen LogP contribution < -0.4 is 20.9 Å². The van der Waals surface area contributed by atoms with E-state index < -0.39 is 29.6 Å². The van der Waals surface area contributed by atoms with Gasteiger partial charge in [-0.1, -0.05) is 13.2 Å². The Morgan fingerprint density at radius 3 is 2.69 bits per heavy atom. The average Bonchev–Trinajstić information content (AvgIpc) is 3.24.